The number of aryl methyl sites for hydroxylation is 1. The maximum atomic E-state index is 15.0. The zero-order valence-corrected chi connectivity index (χ0v) is 30.5. The molecule has 4 aliphatic rings. The Kier molecular flexibility index (Phi) is 9.52. The number of hydrazone groups is 1. The minimum Gasteiger partial charge on any atom is -0.491 e. The molecule has 4 aliphatic heterocycles. The molecule has 1 N–H and O–H groups in total. The molecule has 0 radical (unpaired) electrons. The summed E-state index contributed by atoms with van der Waals surface area (Å²) in [6.45, 7) is 8.02. The number of rotatable bonds is 2. The number of hydrazine groups is 1. The van der Waals surface area contributed by atoms with E-state index in [1.54, 1.807) is 36.3 Å². The molecule has 282 valence electrons. The van der Waals surface area contributed by atoms with Crippen molar-refractivity contribution in [2.75, 3.05) is 50.8 Å². The quantitative estimate of drug-likeness (QED) is 0.310. The number of aromatic nitrogens is 3. The minimum absolute atomic E-state index is 0.0334. The molecule has 2 aromatic carbocycles. The van der Waals surface area contributed by atoms with Crippen molar-refractivity contribution in [1.29, 1.82) is 0 Å². The van der Waals surface area contributed by atoms with Gasteiger partial charge in [0.05, 0.1) is 48.2 Å². The lowest BCUT2D eigenvalue weighted by molar-refractivity contribution is -0.139. The first-order chi connectivity index (χ1) is 26.1. The number of hydrogen-bond donors (Lipinski definition) is 1. The van der Waals surface area contributed by atoms with E-state index in [0.717, 1.165) is 5.52 Å². The summed E-state index contributed by atoms with van der Waals surface area (Å²) < 4.78 is 43.1. The van der Waals surface area contributed by atoms with Gasteiger partial charge in [0.25, 0.3) is 0 Å². The Labute approximate surface area is 311 Å². The number of likely N-dealkylation sites (tertiary alicyclic amines) is 1. The van der Waals surface area contributed by atoms with Crippen molar-refractivity contribution in [3.05, 3.63) is 78.1 Å². The standard InChI is InChI=1S/C39H43F2N9O4/c1-23-19-42-50-32-11-10-25(40)16-35(32)54-13-6-5-12-49(50)37(51)18-33(23)48-20-27-17-34(48)39(52)46(3)21-28(53-4)22-47-24(2)43-31-15-26(41)14-29(38(31)47)30-8-7-9-36(44-27)45-30/h7-11,14-16,19,27-28,33-34H,1,5-6,12-13,17-18,20-22H2,2-4H3,(H,44,45)/b42-19-. The highest BCUT2D eigenvalue weighted by atomic mass is 19.1. The van der Waals surface area contributed by atoms with Crippen molar-refractivity contribution < 1.29 is 27.8 Å². The summed E-state index contributed by atoms with van der Waals surface area (Å²) in [5.74, 6) is 0.351. The van der Waals surface area contributed by atoms with Crippen molar-refractivity contribution in [2.24, 2.45) is 5.10 Å². The zero-order valence-electron chi connectivity index (χ0n) is 30.5. The lowest BCUT2D eigenvalue weighted by Crippen LogP contribution is -2.54. The van der Waals surface area contributed by atoms with E-state index in [0.29, 0.717) is 90.9 Å². The smallest absolute Gasteiger partial charge is 0.244 e. The fraction of sp³-hybridized carbons (Fsp3) is 0.410. The fourth-order valence-corrected chi connectivity index (χ4v) is 8.10. The van der Waals surface area contributed by atoms with E-state index in [1.807, 2.05) is 34.6 Å². The largest absolute Gasteiger partial charge is 0.491 e. The third-order valence-corrected chi connectivity index (χ3v) is 10.8. The van der Waals surface area contributed by atoms with Gasteiger partial charge in [0.2, 0.25) is 11.8 Å². The number of carbonyl (C=O) groups excluding carboxylic acids is 2. The predicted octanol–water partition coefficient (Wildman–Crippen LogP) is 4.76. The Morgan fingerprint density at radius 2 is 1.85 bits per heavy atom. The molecule has 0 aliphatic carbocycles. The minimum atomic E-state index is -0.614. The summed E-state index contributed by atoms with van der Waals surface area (Å²) >= 11 is 0. The van der Waals surface area contributed by atoms with Crippen LogP contribution in [-0.4, -0.2) is 112 Å². The second-order valence-corrected chi connectivity index (χ2v) is 14.4. The Morgan fingerprint density at radius 3 is 2.69 bits per heavy atom. The predicted molar refractivity (Wildman–Crippen MR) is 200 cm³/mol. The third-order valence-electron chi connectivity index (χ3n) is 10.8. The number of methoxy groups -OCH3 is 1. The van der Waals surface area contributed by atoms with Gasteiger partial charge in [-0.15, -0.1) is 0 Å². The Morgan fingerprint density at radius 1 is 1.00 bits per heavy atom. The second kappa shape index (κ2) is 14.4. The van der Waals surface area contributed by atoms with Crippen LogP contribution in [0.25, 0.3) is 22.3 Å². The maximum absolute atomic E-state index is 15.0. The molecular formula is C39H43F2N9O4. The van der Waals surface area contributed by atoms with E-state index in [4.69, 9.17) is 19.6 Å². The van der Waals surface area contributed by atoms with Crippen molar-refractivity contribution in [1.82, 2.24) is 29.3 Å². The van der Waals surface area contributed by atoms with Gasteiger partial charge in [0, 0.05) is 70.0 Å². The van der Waals surface area contributed by atoms with Crippen molar-refractivity contribution >= 4 is 40.6 Å². The first-order valence-corrected chi connectivity index (χ1v) is 18.3. The summed E-state index contributed by atoms with van der Waals surface area (Å²) in [4.78, 5) is 42.2. The Bertz CT molecular complexity index is 2160. The monoisotopic (exact) mass is 739 g/mol. The van der Waals surface area contributed by atoms with E-state index in [9.17, 15) is 14.0 Å². The summed E-state index contributed by atoms with van der Waals surface area (Å²) in [7, 11) is 3.37. The summed E-state index contributed by atoms with van der Waals surface area (Å²) in [6.07, 6.45) is 2.97. The molecule has 4 aromatic rings. The number of likely N-dealkylation sites (N-methyl/N-ethyl adjacent to an activating group) is 1. The highest BCUT2D eigenvalue weighted by Gasteiger charge is 2.44. The molecule has 13 nitrogen and oxygen atoms in total. The van der Waals surface area contributed by atoms with Crippen LogP contribution in [-0.2, 0) is 20.9 Å². The van der Waals surface area contributed by atoms with Gasteiger partial charge in [-0.3, -0.25) is 14.5 Å². The zero-order chi connectivity index (χ0) is 37.7. The molecular weight excluding hydrogens is 696 g/mol. The van der Waals surface area contributed by atoms with Crippen LogP contribution < -0.4 is 15.2 Å². The van der Waals surface area contributed by atoms with Gasteiger partial charge in [0.1, 0.15) is 34.7 Å². The first kappa shape index (κ1) is 35.6. The van der Waals surface area contributed by atoms with Gasteiger partial charge in [-0.05, 0) is 62.1 Å². The first-order valence-electron chi connectivity index (χ1n) is 18.3. The number of ether oxygens (including phenoxy) is 2. The molecule has 0 saturated carbocycles. The number of nitrogens with zero attached hydrogens (tertiary/aromatic N) is 8. The number of anilines is 2. The van der Waals surface area contributed by atoms with Crippen LogP contribution in [0.2, 0.25) is 0 Å². The molecule has 4 unspecified atom stereocenters. The van der Waals surface area contributed by atoms with E-state index >= 15 is 4.39 Å². The van der Waals surface area contributed by atoms with Crippen molar-refractivity contribution in [3.63, 3.8) is 0 Å². The number of fused-ring (bicyclic) bond motifs is 8. The number of pyridine rings is 1. The number of benzene rings is 2. The number of nitrogens with one attached hydrogen (secondary N) is 1. The molecule has 0 spiro atoms. The number of carbonyl (C=O) groups is 2. The van der Waals surface area contributed by atoms with Gasteiger partial charge in [-0.1, -0.05) is 12.6 Å². The van der Waals surface area contributed by atoms with E-state index in [2.05, 4.69) is 16.9 Å². The number of halogens is 2. The topological polar surface area (TPSA) is 121 Å². The summed E-state index contributed by atoms with van der Waals surface area (Å²) in [6, 6.07) is 11.2. The average Bonchev–Trinajstić information content (AvgIpc) is 3.72. The summed E-state index contributed by atoms with van der Waals surface area (Å²) in [5, 5.41) is 11.3. The maximum Gasteiger partial charge on any atom is 0.244 e. The number of imidazole rings is 1. The van der Waals surface area contributed by atoms with Gasteiger partial charge < -0.3 is 24.3 Å². The van der Waals surface area contributed by atoms with Crippen LogP contribution in [0.1, 0.15) is 31.5 Å². The highest BCUT2D eigenvalue weighted by molar-refractivity contribution is 5.92. The number of hydrogen-bond acceptors (Lipinski definition) is 10. The third kappa shape index (κ3) is 6.66. The van der Waals surface area contributed by atoms with Gasteiger partial charge in [0.15, 0.2) is 0 Å². The molecule has 54 heavy (non-hydrogen) atoms. The van der Waals surface area contributed by atoms with Crippen molar-refractivity contribution in [2.45, 2.75) is 63.4 Å². The second-order valence-electron chi connectivity index (χ2n) is 14.4. The molecule has 15 heteroatoms. The summed E-state index contributed by atoms with van der Waals surface area (Å²) in [5.41, 5.74) is 3.43. The Balaban J connectivity index is 1.16. The van der Waals surface area contributed by atoms with Crippen LogP contribution in [0.3, 0.4) is 0 Å². The van der Waals surface area contributed by atoms with Crippen LogP contribution in [0.4, 0.5) is 20.3 Å². The van der Waals surface area contributed by atoms with Gasteiger partial charge in [-0.25, -0.2) is 23.8 Å². The van der Waals surface area contributed by atoms with Crippen LogP contribution >= 0.6 is 0 Å². The molecule has 2 amide bonds. The van der Waals surface area contributed by atoms with Gasteiger partial charge >= 0.3 is 0 Å². The Hall–Kier alpha value is -5.41. The average molecular weight is 740 g/mol. The molecule has 2 aromatic heterocycles. The molecule has 6 heterocycles. The number of amides is 2. The molecule has 4 atom stereocenters. The van der Waals surface area contributed by atoms with E-state index < -0.39 is 29.8 Å². The molecule has 4 bridgehead atoms. The van der Waals surface area contributed by atoms with E-state index in [-0.39, 0.29) is 30.8 Å². The lowest BCUT2D eigenvalue weighted by Gasteiger charge is -2.39. The van der Waals surface area contributed by atoms with Crippen LogP contribution in [0.5, 0.6) is 5.75 Å². The normalized spacial score (nSPS) is 24.5. The SMILES string of the molecule is C=C1/C=N\N2c3ccc(F)cc3OCCCCN2C(=O)CC1N1CC2CC1C(=O)N(C)CC(OC)Cn1c(C)nc3cc(F)cc(c31)-c1cccc(n1)N2. The molecule has 1 saturated heterocycles. The fourth-order valence-electron chi connectivity index (χ4n) is 8.10. The highest BCUT2D eigenvalue weighted by Crippen LogP contribution is 2.36. The van der Waals surface area contributed by atoms with Crippen LogP contribution in [0.15, 0.2) is 65.8 Å². The van der Waals surface area contributed by atoms with Crippen molar-refractivity contribution in [3.8, 4) is 17.0 Å². The molecule has 1 fully saturated rings. The van der Waals surface area contributed by atoms with Gasteiger partial charge in [-0.2, -0.15) is 10.2 Å². The lowest BCUT2D eigenvalue weighted by atomic mass is 10.0. The van der Waals surface area contributed by atoms with Crippen LogP contribution in [0, 0.1) is 18.6 Å². The molecule has 8 rings (SSSR count). The van der Waals surface area contributed by atoms with E-state index in [1.165, 1.54) is 29.4 Å².